The number of ether oxygens (including phenoxy) is 1. The summed E-state index contributed by atoms with van der Waals surface area (Å²) < 4.78 is 5.23. The van der Waals surface area contributed by atoms with E-state index in [2.05, 4.69) is 0 Å². The number of ketones is 1. The maximum absolute atomic E-state index is 13.0. The summed E-state index contributed by atoms with van der Waals surface area (Å²) in [7, 11) is 5.40. The largest absolute Gasteiger partial charge is 0.507 e. The molecule has 3 rings (SSSR count). The Morgan fingerprint density at radius 3 is 2.63 bits per heavy atom. The molecule has 1 saturated heterocycles. The van der Waals surface area contributed by atoms with Crippen molar-refractivity contribution in [1.82, 2.24) is 9.80 Å². The molecule has 2 heterocycles. The Labute approximate surface area is 185 Å². The first-order chi connectivity index (χ1) is 14.3. The van der Waals surface area contributed by atoms with Crippen molar-refractivity contribution >= 4 is 40.4 Å². The first-order valence-electron chi connectivity index (χ1n) is 9.57. The second kappa shape index (κ2) is 9.20. The molecule has 6 nitrogen and oxygen atoms in total. The standard InChI is InChI=1S/C22H25ClN2O4S/c1-13-8-11-30-21(13)18-17(19(26)14-6-7-15(23)16(12-14)29-4)20(27)22(28)25(18)10-5-9-24(2)3/h6-8,11-12,18,26H,5,9-10H2,1-4H3/b19-17-. The topological polar surface area (TPSA) is 70.1 Å². The summed E-state index contributed by atoms with van der Waals surface area (Å²) in [5.74, 6) is -1.11. The van der Waals surface area contributed by atoms with E-state index in [0.717, 1.165) is 23.4 Å². The van der Waals surface area contributed by atoms with Gasteiger partial charge in [0.15, 0.2) is 0 Å². The molecular formula is C22H25ClN2O4S. The maximum atomic E-state index is 13.0. The van der Waals surface area contributed by atoms with Crippen molar-refractivity contribution in [2.24, 2.45) is 0 Å². The van der Waals surface area contributed by atoms with Crippen LogP contribution in [0.4, 0.5) is 0 Å². The van der Waals surface area contributed by atoms with Crippen molar-refractivity contribution in [3.8, 4) is 5.75 Å². The normalized spacial score (nSPS) is 18.5. The van der Waals surface area contributed by atoms with Gasteiger partial charge < -0.3 is 19.6 Å². The number of Topliss-reactive ketones (excluding diaryl/α,β-unsaturated/α-hetero) is 1. The molecule has 1 atom stereocenters. The Morgan fingerprint density at radius 1 is 1.30 bits per heavy atom. The minimum atomic E-state index is -0.677. The second-order valence-corrected chi connectivity index (χ2v) is 8.82. The van der Waals surface area contributed by atoms with Gasteiger partial charge in [0.2, 0.25) is 0 Å². The lowest BCUT2D eigenvalue weighted by atomic mass is 9.98. The molecule has 1 unspecified atom stereocenters. The van der Waals surface area contributed by atoms with Gasteiger partial charge in [0, 0.05) is 17.0 Å². The molecule has 1 aliphatic rings. The summed E-state index contributed by atoms with van der Waals surface area (Å²) in [4.78, 5) is 30.4. The fraction of sp³-hybridized carbons (Fsp3) is 0.364. The third-order valence-electron chi connectivity index (χ3n) is 5.12. The van der Waals surface area contributed by atoms with Gasteiger partial charge in [0.05, 0.1) is 23.7 Å². The molecule has 1 aliphatic heterocycles. The van der Waals surface area contributed by atoms with Crippen LogP contribution in [0, 0.1) is 6.92 Å². The van der Waals surface area contributed by atoms with Crippen LogP contribution in [-0.2, 0) is 9.59 Å². The van der Waals surface area contributed by atoms with Gasteiger partial charge in [-0.25, -0.2) is 0 Å². The fourth-order valence-electron chi connectivity index (χ4n) is 3.57. The molecule has 0 aliphatic carbocycles. The van der Waals surface area contributed by atoms with Gasteiger partial charge in [0.25, 0.3) is 11.7 Å². The Bertz CT molecular complexity index is 999. The molecule has 0 spiro atoms. The Balaban J connectivity index is 2.11. The molecule has 0 saturated carbocycles. The number of aliphatic hydroxyl groups excluding tert-OH is 1. The highest BCUT2D eigenvalue weighted by Crippen LogP contribution is 2.43. The summed E-state index contributed by atoms with van der Waals surface area (Å²) in [5.41, 5.74) is 1.45. The Hall–Kier alpha value is -2.35. The quantitative estimate of drug-likeness (QED) is 0.392. The number of halogens is 1. The molecule has 1 aromatic carbocycles. The zero-order valence-electron chi connectivity index (χ0n) is 17.4. The number of thiophene rings is 1. The third kappa shape index (κ3) is 4.24. The van der Waals surface area contributed by atoms with Crippen molar-refractivity contribution in [3.63, 3.8) is 0 Å². The third-order valence-corrected chi connectivity index (χ3v) is 6.50. The number of benzene rings is 1. The van der Waals surface area contributed by atoms with Crippen LogP contribution in [0.5, 0.6) is 5.75 Å². The monoisotopic (exact) mass is 448 g/mol. The van der Waals surface area contributed by atoms with E-state index in [1.807, 2.05) is 37.4 Å². The van der Waals surface area contributed by atoms with Crippen LogP contribution >= 0.6 is 22.9 Å². The van der Waals surface area contributed by atoms with E-state index in [4.69, 9.17) is 16.3 Å². The van der Waals surface area contributed by atoms with E-state index in [1.54, 1.807) is 23.1 Å². The number of hydrogen-bond donors (Lipinski definition) is 1. The van der Waals surface area contributed by atoms with E-state index in [9.17, 15) is 14.7 Å². The number of carbonyl (C=O) groups is 2. The van der Waals surface area contributed by atoms with Crippen molar-refractivity contribution in [2.45, 2.75) is 19.4 Å². The average Bonchev–Trinajstić information content (AvgIpc) is 3.23. The number of hydrogen-bond acceptors (Lipinski definition) is 6. The van der Waals surface area contributed by atoms with E-state index in [1.165, 1.54) is 18.4 Å². The molecule has 0 radical (unpaired) electrons. The van der Waals surface area contributed by atoms with E-state index in [0.29, 0.717) is 22.9 Å². The molecule has 1 amide bonds. The fourth-order valence-corrected chi connectivity index (χ4v) is 4.81. The SMILES string of the molecule is COc1cc(/C(O)=C2/C(=O)C(=O)N(CCCN(C)C)C2c2sccc2C)ccc1Cl. The molecule has 8 heteroatoms. The van der Waals surface area contributed by atoms with Crippen LogP contribution in [-0.4, -0.2) is 60.9 Å². The minimum absolute atomic E-state index is 0.0970. The number of aryl methyl sites for hydroxylation is 1. The highest BCUT2D eigenvalue weighted by atomic mass is 35.5. The smallest absolute Gasteiger partial charge is 0.295 e. The molecule has 160 valence electrons. The number of likely N-dealkylation sites (tertiary alicyclic amines) is 1. The predicted octanol–water partition coefficient (Wildman–Crippen LogP) is 4.09. The summed E-state index contributed by atoms with van der Waals surface area (Å²) in [6, 6.07) is 6.10. The van der Waals surface area contributed by atoms with Gasteiger partial charge in [-0.1, -0.05) is 11.6 Å². The summed E-state index contributed by atoms with van der Waals surface area (Å²) in [6.45, 7) is 3.15. The number of methoxy groups -OCH3 is 1. The molecule has 30 heavy (non-hydrogen) atoms. The van der Waals surface area contributed by atoms with E-state index >= 15 is 0 Å². The van der Waals surface area contributed by atoms with Crippen LogP contribution in [0.25, 0.3) is 5.76 Å². The number of aliphatic hydroxyl groups is 1. The second-order valence-electron chi connectivity index (χ2n) is 7.47. The Kier molecular flexibility index (Phi) is 6.85. The summed E-state index contributed by atoms with van der Waals surface area (Å²) in [6.07, 6.45) is 0.718. The predicted molar refractivity (Wildman–Crippen MR) is 119 cm³/mol. The zero-order chi connectivity index (χ0) is 22.0. The van der Waals surface area contributed by atoms with E-state index in [-0.39, 0.29) is 11.3 Å². The molecule has 1 fully saturated rings. The number of carbonyl (C=O) groups excluding carboxylic acids is 2. The molecule has 1 aromatic heterocycles. The van der Waals surface area contributed by atoms with Gasteiger partial charge in [0.1, 0.15) is 11.5 Å². The van der Waals surface area contributed by atoms with Crippen LogP contribution in [0.2, 0.25) is 5.02 Å². The average molecular weight is 449 g/mol. The summed E-state index contributed by atoms with van der Waals surface area (Å²) >= 11 is 7.57. The van der Waals surface area contributed by atoms with Crippen LogP contribution < -0.4 is 4.74 Å². The highest BCUT2D eigenvalue weighted by Gasteiger charge is 2.46. The van der Waals surface area contributed by atoms with Gasteiger partial charge in [-0.05, 0) is 69.2 Å². The number of nitrogens with zero attached hydrogens (tertiary/aromatic N) is 2. The summed E-state index contributed by atoms with van der Waals surface area (Å²) in [5, 5.41) is 13.4. The lowest BCUT2D eigenvalue weighted by molar-refractivity contribution is -0.139. The van der Waals surface area contributed by atoms with Crippen molar-refractivity contribution in [3.05, 3.63) is 56.2 Å². The van der Waals surface area contributed by atoms with Gasteiger partial charge >= 0.3 is 0 Å². The molecule has 2 aromatic rings. The number of amides is 1. The van der Waals surface area contributed by atoms with Gasteiger partial charge in [-0.2, -0.15) is 0 Å². The molecule has 0 bridgehead atoms. The lowest BCUT2D eigenvalue weighted by Crippen LogP contribution is -2.32. The van der Waals surface area contributed by atoms with E-state index < -0.39 is 17.7 Å². The molecular weight excluding hydrogens is 424 g/mol. The Morgan fingerprint density at radius 2 is 2.03 bits per heavy atom. The van der Waals surface area contributed by atoms with Crippen LogP contribution in [0.3, 0.4) is 0 Å². The molecule has 1 N–H and O–H groups in total. The van der Waals surface area contributed by atoms with Crippen molar-refractivity contribution in [1.29, 1.82) is 0 Å². The first kappa shape index (κ1) is 22.3. The van der Waals surface area contributed by atoms with Gasteiger partial charge in [-0.15, -0.1) is 11.3 Å². The van der Waals surface area contributed by atoms with Gasteiger partial charge in [-0.3, -0.25) is 9.59 Å². The highest BCUT2D eigenvalue weighted by molar-refractivity contribution is 7.10. The zero-order valence-corrected chi connectivity index (χ0v) is 19.0. The first-order valence-corrected chi connectivity index (χ1v) is 10.8. The lowest BCUT2D eigenvalue weighted by Gasteiger charge is -2.25. The van der Waals surface area contributed by atoms with Crippen molar-refractivity contribution < 1.29 is 19.4 Å². The maximum Gasteiger partial charge on any atom is 0.295 e. The minimum Gasteiger partial charge on any atom is -0.507 e. The van der Waals surface area contributed by atoms with Crippen LogP contribution in [0.15, 0.2) is 35.2 Å². The number of rotatable bonds is 7. The van der Waals surface area contributed by atoms with Crippen molar-refractivity contribution in [2.75, 3.05) is 34.3 Å². The van der Waals surface area contributed by atoms with Crippen LogP contribution in [0.1, 0.15) is 28.5 Å².